The maximum Gasteiger partial charge on any atom is 0.338 e. The fourth-order valence-corrected chi connectivity index (χ4v) is 2.69. The van der Waals surface area contributed by atoms with Crippen LogP contribution in [0.1, 0.15) is 35.2 Å². The molecule has 1 aliphatic rings. The Hall–Kier alpha value is -1.88. The van der Waals surface area contributed by atoms with Crippen LogP contribution in [0.25, 0.3) is 0 Å². The molecule has 1 aliphatic heterocycles. The Balaban J connectivity index is 2.20. The van der Waals surface area contributed by atoms with Crippen molar-refractivity contribution in [3.63, 3.8) is 0 Å². The fraction of sp³-hybridized carbons (Fsp3) is 0.467. The van der Waals surface area contributed by atoms with Crippen LogP contribution < -0.4 is 5.73 Å². The molecule has 1 aromatic carbocycles. The zero-order chi connectivity index (χ0) is 14.5. The third kappa shape index (κ3) is 3.17. The second-order valence-electron chi connectivity index (χ2n) is 5.03. The number of methoxy groups -OCH3 is 1. The molecule has 0 saturated carbocycles. The van der Waals surface area contributed by atoms with Crippen LogP contribution in [0.15, 0.2) is 24.3 Å². The number of hydrogen-bond acceptors (Lipinski definition) is 4. The minimum absolute atomic E-state index is 0.241. The molecule has 1 fully saturated rings. The van der Waals surface area contributed by atoms with Gasteiger partial charge in [0.1, 0.15) is 0 Å². The molecule has 2 N–H and O–H groups in total. The summed E-state index contributed by atoms with van der Waals surface area (Å²) in [6.07, 6.45) is 2.85. The number of carbonyl (C=O) groups is 2. The second-order valence-corrected chi connectivity index (χ2v) is 5.03. The van der Waals surface area contributed by atoms with E-state index in [1.165, 1.54) is 7.11 Å². The highest BCUT2D eigenvalue weighted by Gasteiger charge is 2.27. The molecule has 1 unspecified atom stereocenters. The maximum atomic E-state index is 11.8. The first-order chi connectivity index (χ1) is 9.63. The van der Waals surface area contributed by atoms with E-state index in [0.29, 0.717) is 12.1 Å². The van der Waals surface area contributed by atoms with Gasteiger partial charge in [0.2, 0.25) is 5.91 Å². The van der Waals surface area contributed by atoms with Crippen molar-refractivity contribution < 1.29 is 14.3 Å². The van der Waals surface area contributed by atoms with E-state index in [2.05, 4.69) is 0 Å². The van der Waals surface area contributed by atoms with Gasteiger partial charge < -0.3 is 10.5 Å². The highest BCUT2D eigenvalue weighted by Crippen LogP contribution is 2.21. The van der Waals surface area contributed by atoms with Gasteiger partial charge in [-0.05, 0) is 31.0 Å². The van der Waals surface area contributed by atoms with Gasteiger partial charge in [-0.15, -0.1) is 0 Å². The quantitative estimate of drug-likeness (QED) is 0.842. The summed E-state index contributed by atoms with van der Waals surface area (Å²) >= 11 is 0. The molecule has 1 saturated heterocycles. The second kappa shape index (κ2) is 6.52. The Kier molecular flexibility index (Phi) is 4.74. The van der Waals surface area contributed by atoms with Crippen molar-refractivity contribution in [2.24, 2.45) is 5.73 Å². The Bertz CT molecular complexity index is 502. The zero-order valence-corrected chi connectivity index (χ0v) is 11.7. The number of primary amides is 1. The van der Waals surface area contributed by atoms with Crippen molar-refractivity contribution in [1.82, 2.24) is 4.90 Å². The van der Waals surface area contributed by atoms with Crippen LogP contribution in [0.5, 0.6) is 0 Å². The third-order valence-electron chi connectivity index (χ3n) is 3.74. The first-order valence-corrected chi connectivity index (χ1v) is 6.83. The number of likely N-dealkylation sites (tertiary alicyclic amines) is 1. The minimum Gasteiger partial charge on any atom is -0.465 e. The predicted octanol–water partition coefficient (Wildman–Crippen LogP) is 1.31. The molecular weight excluding hydrogens is 256 g/mol. The third-order valence-corrected chi connectivity index (χ3v) is 3.74. The molecule has 0 aliphatic carbocycles. The summed E-state index contributed by atoms with van der Waals surface area (Å²) in [4.78, 5) is 25.3. The van der Waals surface area contributed by atoms with E-state index in [-0.39, 0.29) is 17.9 Å². The summed E-state index contributed by atoms with van der Waals surface area (Å²) in [7, 11) is 1.37. The van der Waals surface area contributed by atoms with Crippen LogP contribution in [0.2, 0.25) is 0 Å². The molecule has 108 valence electrons. The van der Waals surface area contributed by atoms with Crippen molar-refractivity contribution in [2.45, 2.75) is 31.8 Å². The van der Waals surface area contributed by atoms with E-state index < -0.39 is 0 Å². The molecule has 1 heterocycles. The van der Waals surface area contributed by atoms with E-state index in [1.807, 2.05) is 17.0 Å². The highest BCUT2D eigenvalue weighted by molar-refractivity contribution is 5.91. The van der Waals surface area contributed by atoms with Crippen LogP contribution in [0.4, 0.5) is 0 Å². The molecule has 1 amide bonds. The van der Waals surface area contributed by atoms with E-state index >= 15 is 0 Å². The van der Waals surface area contributed by atoms with Gasteiger partial charge in [0, 0.05) is 6.54 Å². The largest absolute Gasteiger partial charge is 0.465 e. The van der Waals surface area contributed by atoms with Gasteiger partial charge >= 0.3 is 5.97 Å². The fourth-order valence-electron chi connectivity index (χ4n) is 2.69. The molecule has 0 bridgehead atoms. The first-order valence-electron chi connectivity index (χ1n) is 6.83. The molecule has 1 aromatic rings. The van der Waals surface area contributed by atoms with E-state index in [1.54, 1.807) is 12.1 Å². The van der Waals surface area contributed by atoms with Crippen molar-refractivity contribution in [3.8, 4) is 0 Å². The summed E-state index contributed by atoms with van der Waals surface area (Å²) in [5, 5.41) is 0. The number of carbonyl (C=O) groups excluding carboxylic acids is 2. The van der Waals surface area contributed by atoms with Gasteiger partial charge in [-0.1, -0.05) is 24.6 Å². The Morgan fingerprint density at radius 1 is 1.35 bits per heavy atom. The van der Waals surface area contributed by atoms with Gasteiger partial charge in [-0.25, -0.2) is 4.79 Å². The number of amides is 1. The lowest BCUT2D eigenvalue weighted by molar-refractivity contribution is -0.124. The lowest BCUT2D eigenvalue weighted by Gasteiger charge is -2.33. The molecule has 0 aromatic heterocycles. The predicted molar refractivity (Wildman–Crippen MR) is 75.0 cm³/mol. The molecule has 1 atom stereocenters. The van der Waals surface area contributed by atoms with Crippen LogP contribution >= 0.6 is 0 Å². The Morgan fingerprint density at radius 2 is 2.10 bits per heavy atom. The van der Waals surface area contributed by atoms with Gasteiger partial charge in [-0.3, -0.25) is 9.69 Å². The van der Waals surface area contributed by atoms with Crippen molar-refractivity contribution in [1.29, 1.82) is 0 Å². The number of nitrogens with zero attached hydrogens (tertiary/aromatic N) is 1. The minimum atomic E-state index is -0.353. The zero-order valence-electron chi connectivity index (χ0n) is 11.7. The van der Waals surface area contributed by atoms with Crippen molar-refractivity contribution >= 4 is 11.9 Å². The number of esters is 1. The molecule has 0 radical (unpaired) electrons. The van der Waals surface area contributed by atoms with Gasteiger partial charge in [0.25, 0.3) is 0 Å². The topological polar surface area (TPSA) is 72.6 Å². The van der Waals surface area contributed by atoms with Crippen molar-refractivity contribution in [2.75, 3.05) is 13.7 Å². The molecule has 20 heavy (non-hydrogen) atoms. The number of piperidine rings is 1. The van der Waals surface area contributed by atoms with E-state index in [4.69, 9.17) is 10.5 Å². The first kappa shape index (κ1) is 14.5. The van der Waals surface area contributed by atoms with Crippen LogP contribution in [0.3, 0.4) is 0 Å². The van der Waals surface area contributed by atoms with Gasteiger partial charge in [-0.2, -0.15) is 0 Å². The molecule has 2 rings (SSSR count). The standard InChI is InChI=1S/C15H20N2O3/c1-20-15(19)12-7-3-2-6-11(12)10-17-9-5-4-8-13(17)14(16)18/h2-3,6-7,13H,4-5,8-10H2,1H3,(H2,16,18). The number of rotatable bonds is 4. The monoisotopic (exact) mass is 276 g/mol. The number of ether oxygens (including phenoxy) is 1. The summed E-state index contributed by atoms with van der Waals surface area (Å²) in [5.41, 5.74) is 6.88. The average Bonchev–Trinajstić information content (AvgIpc) is 2.47. The molecule has 0 spiro atoms. The van der Waals surface area contributed by atoms with Gasteiger partial charge in [0.05, 0.1) is 18.7 Å². The summed E-state index contributed by atoms with van der Waals surface area (Å²) in [6, 6.07) is 7.07. The highest BCUT2D eigenvalue weighted by atomic mass is 16.5. The number of hydrogen-bond donors (Lipinski definition) is 1. The van der Waals surface area contributed by atoms with E-state index in [0.717, 1.165) is 31.4 Å². The lowest BCUT2D eigenvalue weighted by atomic mass is 9.99. The van der Waals surface area contributed by atoms with Crippen molar-refractivity contribution in [3.05, 3.63) is 35.4 Å². The molecule has 5 heteroatoms. The SMILES string of the molecule is COC(=O)c1ccccc1CN1CCCCC1C(N)=O. The van der Waals surface area contributed by atoms with Crippen LogP contribution in [0, 0.1) is 0 Å². The van der Waals surface area contributed by atoms with Gasteiger partial charge in [0.15, 0.2) is 0 Å². The Morgan fingerprint density at radius 3 is 2.80 bits per heavy atom. The average molecular weight is 276 g/mol. The summed E-state index contributed by atoms with van der Waals surface area (Å²) < 4.78 is 4.79. The van der Waals surface area contributed by atoms with Crippen LogP contribution in [-0.2, 0) is 16.1 Å². The number of benzene rings is 1. The normalized spacial score (nSPS) is 19.6. The molecular formula is C15H20N2O3. The molecule has 5 nitrogen and oxygen atoms in total. The smallest absolute Gasteiger partial charge is 0.338 e. The number of nitrogens with two attached hydrogens (primary N) is 1. The summed E-state index contributed by atoms with van der Waals surface area (Å²) in [5.74, 6) is -0.645. The summed E-state index contributed by atoms with van der Waals surface area (Å²) in [6.45, 7) is 1.36. The maximum absolute atomic E-state index is 11.8. The lowest BCUT2D eigenvalue weighted by Crippen LogP contribution is -2.47. The van der Waals surface area contributed by atoms with Crippen LogP contribution in [-0.4, -0.2) is 36.5 Å². The Labute approximate surface area is 118 Å². The van der Waals surface area contributed by atoms with E-state index in [9.17, 15) is 9.59 Å².